The first kappa shape index (κ1) is 10.9. The lowest BCUT2D eigenvalue weighted by Gasteiger charge is -2.04. The zero-order chi connectivity index (χ0) is 11.2. The predicted octanol–water partition coefficient (Wildman–Crippen LogP) is 3.21. The number of aryl methyl sites for hydroxylation is 3. The number of nitrogens with zero attached hydrogens (tertiary/aromatic N) is 2. The molecule has 1 aromatic heterocycles. The molecule has 0 N–H and O–H groups in total. The van der Waals surface area contributed by atoms with Crippen molar-refractivity contribution in [3.05, 3.63) is 53.9 Å². The summed E-state index contributed by atoms with van der Waals surface area (Å²) in [5.74, 6) is 0. The van der Waals surface area contributed by atoms with Gasteiger partial charge in [-0.05, 0) is 37.8 Å². The number of unbranched alkanes of at least 4 members (excludes halogenated alkanes) is 1. The Kier molecular flexibility index (Phi) is 3.76. The number of rotatable bonds is 5. The van der Waals surface area contributed by atoms with Gasteiger partial charge in [-0.3, -0.25) is 4.68 Å². The summed E-state index contributed by atoms with van der Waals surface area (Å²) in [6.07, 6.45) is 5.45. The maximum Gasteiger partial charge on any atom is 0.0492 e. The third-order valence-electron chi connectivity index (χ3n) is 2.86. The van der Waals surface area contributed by atoms with Crippen molar-refractivity contribution in [2.45, 2.75) is 32.7 Å². The molecule has 0 amide bonds. The van der Waals surface area contributed by atoms with Crippen molar-refractivity contribution in [2.75, 3.05) is 0 Å². The molecule has 0 atom stereocenters. The molecule has 0 radical (unpaired) electrons. The molecule has 0 spiro atoms. The number of aromatic nitrogens is 2. The highest BCUT2D eigenvalue weighted by atomic mass is 15.3. The van der Waals surface area contributed by atoms with Crippen LogP contribution in [0.15, 0.2) is 42.6 Å². The molecule has 84 valence electrons. The fourth-order valence-corrected chi connectivity index (χ4v) is 1.87. The lowest BCUT2D eigenvalue weighted by Crippen LogP contribution is -2.02. The van der Waals surface area contributed by atoms with E-state index in [1.165, 1.54) is 30.5 Å². The van der Waals surface area contributed by atoms with Crippen LogP contribution in [0, 0.1) is 6.92 Å². The fourth-order valence-electron chi connectivity index (χ4n) is 1.87. The zero-order valence-corrected chi connectivity index (χ0v) is 9.76. The molecule has 0 aliphatic heterocycles. The number of hydrogen-bond donors (Lipinski definition) is 0. The van der Waals surface area contributed by atoms with Gasteiger partial charge in [-0.15, -0.1) is 0 Å². The third-order valence-corrected chi connectivity index (χ3v) is 2.86. The summed E-state index contributed by atoms with van der Waals surface area (Å²) in [7, 11) is 0. The quantitative estimate of drug-likeness (QED) is 0.699. The molecule has 0 fully saturated rings. The van der Waals surface area contributed by atoms with Gasteiger partial charge < -0.3 is 0 Å². The van der Waals surface area contributed by atoms with Gasteiger partial charge in [0.05, 0.1) is 0 Å². The van der Waals surface area contributed by atoms with E-state index < -0.39 is 0 Å². The Morgan fingerprint density at radius 2 is 1.88 bits per heavy atom. The van der Waals surface area contributed by atoms with Crippen LogP contribution < -0.4 is 0 Å². The van der Waals surface area contributed by atoms with Crippen molar-refractivity contribution >= 4 is 0 Å². The summed E-state index contributed by atoms with van der Waals surface area (Å²) in [6.45, 7) is 3.13. The molecule has 2 heteroatoms. The predicted molar refractivity (Wildman–Crippen MR) is 66.3 cm³/mol. The van der Waals surface area contributed by atoms with Gasteiger partial charge in [0.15, 0.2) is 0 Å². The summed E-state index contributed by atoms with van der Waals surface area (Å²) in [6, 6.07) is 12.7. The molecule has 2 nitrogen and oxygen atoms in total. The van der Waals surface area contributed by atoms with E-state index in [0.717, 1.165) is 6.54 Å². The van der Waals surface area contributed by atoms with E-state index >= 15 is 0 Å². The molecular weight excluding hydrogens is 196 g/mol. The van der Waals surface area contributed by atoms with Crippen molar-refractivity contribution in [1.82, 2.24) is 9.78 Å². The average molecular weight is 214 g/mol. The minimum Gasteiger partial charge on any atom is -0.270 e. The van der Waals surface area contributed by atoms with E-state index in [2.05, 4.69) is 53.1 Å². The van der Waals surface area contributed by atoms with Gasteiger partial charge in [-0.2, -0.15) is 5.10 Å². The minimum absolute atomic E-state index is 1.03. The van der Waals surface area contributed by atoms with Gasteiger partial charge in [0.1, 0.15) is 0 Å². The zero-order valence-electron chi connectivity index (χ0n) is 9.76. The molecule has 2 aromatic rings. The van der Waals surface area contributed by atoms with E-state index in [1.54, 1.807) is 0 Å². The molecule has 2 rings (SSSR count). The van der Waals surface area contributed by atoms with Crippen molar-refractivity contribution in [3.8, 4) is 0 Å². The van der Waals surface area contributed by atoms with E-state index in [9.17, 15) is 0 Å². The van der Waals surface area contributed by atoms with E-state index in [4.69, 9.17) is 0 Å². The van der Waals surface area contributed by atoms with Crippen molar-refractivity contribution < 1.29 is 0 Å². The first-order valence-corrected chi connectivity index (χ1v) is 5.88. The standard InChI is InChI=1S/C14H18N2/c1-13-10-11-15-16(13)12-6-5-9-14-7-3-2-4-8-14/h2-4,7-8,10-11H,5-6,9,12H2,1H3. The van der Waals surface area contributed by atoms with Crippen molar-refractivity contribution in [2.24, 2.45) is 0 Å². The van der Waals surface area contributed by atoms with Gasteiger partial charge >= 0.3 is 0 Å². The van der Waals surface area contributed by atoms with E-state index in [0.29, 0.717) is 0 Å². The largest absolute Gasteiger partial charge is 0.270 e. The van der Waals surface area contributed by atoms with Crippen LogP contribution in [0.5, 0.6) is 0 Å². The molecular formula is C14H18N2. The summed E-state index contributed by atoms with van der Waals surface area (Å²) >= 11 is 0. The van der Waals surface area contributed by atoms with Crippen LogP contribution >= 0.6 is 0 Å². The molecule has 0 bridgehead atoms. The lowest BCUT2D eigenvalue weighted by molar-refractivity contribution is 0.546. The molecule has 16 heavy (non-hydrogen) atoms. The SMILES string of the molecule is Cc1ccnn1CCCCc1ccccc1. The Bertz CT molecular complexity index is 417. The van der Waals surface area contributed by atoms with Crippen LogP contribution in [0.4, 0.5) is 0 Å². The van der Waals surface area contributed by atoms with Crippen LogP contribution in [-0.2, 0) is 13.0 Å². The smallest absolute Gasteiger partial charge is 0.0492 e. The molecule has 0 aliphatic carbocycles. The number of hydrogen-bond acceptors (Lipinski definition) is 1. The van der Waals surface area contributed by atoms with Crippen LogP contribution in [-0.4, -0.2) is 9.78 Å². The fraction of sp³-hybridized carbons (Fsp3) is 0.357. The van der Waals surface area contributed by atoms with Gasteiger partial charge in [-0.25, -0.2) is 0 Å². The maximum absolute atomic E-state index is 4.28. The summed E-state index contributed by atoms with van der Waals surface area (Å²) in [5.41, 5.74) is 2.68. The Hall–Kier alpha value is -1.57. The van der Waals surface area contributed by atoms with Crippen molar-refractivity contribution in [3.63, 3.8) is 0 Å². The number of benzene rings is 1. The second-order valence-corrected chi connectivity index (χ2v) is 4.14. The first-order chi connectivity index (χ1) is 7.86. The highest BCUT2D eigenvalue weighted by Crippen LogP contribution is 2.06. The Labute approximate surface area is 96.9 Å². The second-order valence-electron chi connectivity index (χ2n) is 4.14. The van der Waals surface area contributed by atoms with Gasteiger partial charge in [0.2, 0.25) is 0 Å². The maximum atomic E-state index is 4.28. The summed E-state index contributed by atoms with van der Waals surface area (Å²) in [5, 5.41) is 4.28. The van der Waals surface area contributed by atoms with Crippen LogP contribution in [0.3, 0.4) is 0 Å². The topological polar surface area (TPSA) is 17.8 Å². The lowest BCUT2D eigenvalue weighted by atomic mass is 10.1. The molecule has 1 heterocycles. The average Bonchev–Trinajstić information content (AvgIpc) is 2.72. The van der Waals surface area contributed by atoms with Crippen LogP contribution in [0.2, 0.25) is 0 Å². The highest BCUT2D eigenvalue weighted by molar-refractivity contribution is 5.14. The second kappa shape index (κ2) is 5.50. The van der Waals surface area contributed by atoms with E-state index in [-0.39, 0.29) is 0 Å². The molecule has 1 aromatic carbocycles. The summed E-state index contributed by atoms with van der Waals surface area (Å²) < 4.78 is 2.07. The monoisotopic (exact) mass is 214 g/mol. The van der Waals surface area contributed by atoms with E-state index in [1.807, 2.05) is 6.20 Å². The van der Waals surface area contributed by atoms with Crippen molar-refractivity contribution in [1.29, 1.82) is 0 Å². The molecule has 0 aliphatic rings. The normalized spacial score (nSPS) is 10.6. The Morgan fingerprint density at radius 3 is 2.56 bits per heavy atom. The van der Waals surface area contributed by atoms with Gasteiger partial charge in [0, 0.05) is 18.4 Å². The highest BCUT2D eigenvalue weighted by Gasteiger charge is 1.97. The first-order valence-electron chi connectivity index (χ1n) is 5.88. The summed E-state index contributed by atoms with van der Waals surface area (Å²) in [4.78, 5) is 0. The molecule has 0 unspecified atom stereocenters. The Morgan fingerprint density at radius 1 is 1.06 bits per heavy atom. The van der Waals surface area contributed by atoms with Crippen LogP contribution in [0.25, 0.3) is 0 Å². The molecule has 0 saturated heterocycles. The van der Waals surface area contributed by atoms with Gasteiger partial charge in [0.25, 0.3) is 0 Å². The van der Waals surface area contributed by atoms with Crippen LogP contribution in [0.1, 0.15) is 24.1 Å². The Balaban J connectivity index is 1.72. The minimum atomic E-state index is 1.03. The molecule has 0 saturated carbocycles. The third kappa shape index (κ3) is 2.96. The van der Waals surface area contributed by atoms with Gasteiger partial charge in [-0.1, -0.05) is 30.3 Å².